The lowest BCUT2D eigenvalue weighted by Crippen LogP contribution is -2.42. The molecule has 2 heterocycles. The highest BCUT2D eigenvalue weighted by Crippen LogP contribution is 2.22. The molecule has 33 heavy (non-hydrogen) atoms. The van der Waals surface area contributed by atoms with Crippen LogP contribution in [0.25, 0.3) is 10.9 Å². The van der Waals surface area contributed by atoms with Crippen molar-refractivity contribution in [3.8, 4) is 0 Å². The van der Waals surface area contributed by atoms with E-state index in [0.29, 0.717) is 29.0 Å². The lowest BCUT2D eigenvalue weighted by Gasteiger charge is -2.26. The fraction of sp³-hybridized carbons (Fsp3) is 0.348. The number of amides is 1. The minimum absolute atomic E-state index is 0.0131. The van der Waals surface area contributed by atoms with Crippen molar-refractivity contribution in [3.63, 3.8) is 0 Å². The van der Waals surface area contributed by atoms with Gasteiger partial charge in [0.1, 0.15) is 5.82 Å². The van der Waals surface area contributed by atoms with Gasteiger partial charge in [-0.2, -0.15) is 0 Å². The Bertz CT molecular complexity index is 1340. The Balaban J connectivity index is 1.61. The maximum absolute atomic E-state index is 13.3. The first-order chi connectivity index (χ1) is 15.8. The molecule has 0 aliphatic carbocycles. The fourth-order valence-corrected chi connectivity index (χ4v) is 6.65. The number of carbonyl (C=O) groups excluding carboxylic acids is 1. The molecule has 1 saturated heterocycles. The van der Waals surface area contributed by atoms with E-state index in [-0.39, 0.29) is 47.1 Å². The van der Waals surface area contributed by atoms with Crippen molar-refractivity contribution >= 4 is 38.4 Å². The van der Waals surface area contributed by atoms with Crippen LogP contribution >= 0.6 is 11.8 Å². The van der Waals surface area contributed by atoms with Crippen molar-refractivity contribution in [1.82, 2.24) is 14.5 Å². The van der Waals surface area contributed by atoms with Crippen molar-refractivity contribution in [2.24, 2.45) is 0 Å². The molecule has 3 aromatic rings. The number of carbonyl (C=O) groups is 1. The van der Waals surface area contributed by atoms with Crippen LogP contribution in [0.5, 0.6) is 0 Å². The molecule has 0 radical (unpaired) electrons. The van der Waals surface area contributed by atoms with Crippen LogP contribution in [0.15, 0.2) is 58.5 Å². The van der Waals surface area contributed by atoms with Crippen molar-refractivity contribution in [2.45, 2.75) is 31.1 Å². The van der Waals surface area contributed by atoms with Crippen molar-refractivity contribution < 1.29 is 17.6 Å². The van der Waals surface area contributed by atoms with E-state index in [1.807, 2.05) is 6.92 Å². The molecule has 0 N–H and O–H groups in total. The molecule has 1 aromatic heterocycles. The number of aromatic nitrogens is 2. The lowest BCUT2D eigenvalue weighted by atomic mass is 10.2. The number of sulfone groups is 1. The molecule has 0 saturated carbocycles. The molecule has 0 unspecified atom stereocenters. The molecular formula is C23H24FN3O4S2. The van der Waals surface area contributed by atoms with E-state index >= 15 is 0 Å². The van der Waals surface area contributed by atoms with Gasteiger partial charge in [-0.3, -0.25) is 14.2 Å². The van der Waals surface area contributed by atoms with Crippen LogP contribution in [0.3, 0.4) is 0 Å². The topological polar surface area (TPSA) is 89.3 Å². The number of halogens is 1. The summed E-state index contributed by atoms with van der Waals surface area (Å²) in [6.07, 6.45) is 0.441. The van der Waals surface area contributed by atoms with Crippen LogP contribution in [-0.2, 0) is 21.2 Å². The van der Waals surface area contributed by atoms with Gasteiger partial charge in [-0.05, 0) is 43.2 Å². The summed E-state index contributed by atoms with van der Waals surface area (Å²) in [4.78, 5) is 32.4. The standard InChI is InChI=1S/C23H24FN3O4S2/c1-2-26(18-11-12-33(30,31)15-18)21(28)14-32-23-25-20-6-4-3-5-19(20)22(29)27(23)13-16-7-9-17(24)10-8-16/h3-10,18H,2,11-15H2,1H3/t18-/m1/s1. The number of hydrogen-bond donors (Lipinski definition) is 0. The van der Waals surface area contributed by atoms with Gasteiger partial charge in [0.05, 0.1) is 34.7 Å². The zero-order valence-electron chi connectivity index (χ0n) is 18.1. The smallest absolute Gasteiger partial charge is 0.262 e. The van der Waals surface area contributed by atoms with E-state index in [0.717, 1.165) is 17.3 Å². The quantitative estimate of drug-likeness (QED) is 0.375. The number of nitrogens with zero attached hydrogens (tertiary/aromatic N) is 3. The van der Waals surface area contributed by atoms with Crippen LogP contribution < -0.4 is 5.56 Å². The Labute approximate surface area is 195 Å². The lowest BCUT2D eigenvalue weighted by molar-refractivity contribution is -0.129. The van der Waals surface area contributed by atoms with Crippen LogP contribution in [0, 0.1) is 5.82 Å². The monoisotopic (exact) mass is 489 g/mol. The number of para-hydroxylation sites is 1. The molecule has 0 bridgehead atoms. The molecule has 0 spiro atoms. The van der Waals surface area contributed by atoms with Crippen LogP contribution in [0.1, 0.15) is 18.9 Å². The summed E-state index contributed by atoms with van der Waals surface area (Å²) in [6, 6.07) is 12.6. The van der Waals surface area contributed by atoms with E-state index in [1.54, 1.807) is 41.3 Å². The molecule has 1 fully saturated rings. The van der Waals surface area contributed by atoms with E-state index in [4.69, 9.17) is 0 Å². The first-order valence-electron chi connectivity index (χ1n) is 10.6. The van der Waals surface area contributed by atoms with Gasteiger partial charge >= 0.3 is 0 Å². The number of fused-ring (bicyclic) bond motifs is 1. The predicted octanol–water partition coefficient (Wildman–Crippen LogP) is 2.71. The van der Waals surface area contributed by atoms with Gasteiger partial charge in [0, 0.05) is 12.6 Å². The maximum atomic E-state index is 13.3. The largest absolute Gasteiger partial charge is 0.338 e. The molecule has 174 valence electrons. The third kappa shape index (κ3) is 5.27. The van der Waals surface area contributed by atoms with E-state index < -0.39 is 9.84 Å². The second kappa shape index (κ2) is 9.64. The minimum Gasteiger partial charge on any atom is -0.338 e. The Morgan fingerprint density at radius 1 is 1.21 bits per heavy atom. The zero-order chi connectivity index (χ0) is 23.6. The number of benzene rings is 2. The second-order valence-electron chi connectivity index (χ2n) is 7.95. The molecule has 1 aliphatic heterocycles. The van der Waals surface area contributed by atoms with E-state index in [9.17, 15) is 22.4 Å². The van der Waals surface area contributed by atoms with E-state index in [2.05, 4.69) is 4.98 Å². The number of rotatable bonds is 7. The summed E-state index contributed by atoms with van der Waals surface area (Å²) in [5.74, 6) is -0.450. The molecule has 1 atom stereocenters. The third-order valence-electron chi connectivity index (χ3n) is 5.72. The summed E-state index contributed by atoms with van der Waals surface area (Å²) >= 11 is 1.15. The van der Waals surface area contributed by atoms with Gasteiger partial charge in [0.2, 0.25) is 5.91 Å². The number of thioether (sulfide) groups is 1. The van der Waals surface area contributed by atoms with Gasteiger partial charge in [-0.25, -0.2) is 17.8 Å². The summed E-state index contributed by atoms with van der Waals surface area (Å²) in [5.41, 5.74) is 1.02. The summed E-state index contributed by atoms with van der Waals surface area (Å²) < 4.78 is 38.5. The predicted molar refractivity (Wildman–Crippen MR) is 127 cm³/mol. The average Bonchev–Trinajstić information content (AvgIpc) is 3.15. The van der Waals surface area contributed by atoms with E-state index in [1.165, 1.54) is 16.7 Å². The van der Waals surface area contributed by atoms with Crippen molar-refractivity contribution in [2.75, 3.05) is 23.8 Å². The minimum atomic E-state index is -3.11. The second-order valence-corrected chi connectivity index (χ2v) is 11.1. The summed E-state index contributed by atoms with van der Waals surface area (Å²) in [7, 11) is -3.11. The zero-order valence-corrected chi connectivity index (χ0v) is 19.7. The molecule has 7 nitrogen and oxygen atoms in total. The molecule has 1 amide bonds. The molecule has 2 aromatic carbocycles. The van der Waals surface area contributed by atoms with Gasteiger partial charge < -0.3 is 4.90 Å². The molecule has 4 rings (SSSR count). The SMILES string of the molecule is CCN(C(=O)CSc1nc2ccccc2c(=O)n1Cc1ccc(F)cc1)[C@@H]1CCS(=O)(=O)C1. The highest BCUT2D eigenvalue weighted by atomic mass is 32.2. The molecular weight excluding hydrogens is 465 g/mol. The normalized spacial score (nSPS) is 17.3. The fourth-order valence-electron chi connectivity index (χ4n) is 4.04. The van der Waals surface area contributed by atoms with Crippen LogP contribution in [-0.4, -0.2) is 58.6 Å². The van der Waals surface area contributed by atoms with Crippen LogP contribution in [0.4, 0.5) is 4.39 Å². The highest BCUT2D eigenvalue weighted by molar-refractivity contribution is 7.99. The highest BCUT2D eigenvalue weighted by Gasteiger charge is 2.33. The Morgan fingerprint density at radius 3 is 2.61 bits per heavy atom. The first-order valence-corrected chi connectivity index (χ1v) is 13.4. The Morgan fingerprint density at radius 2 is 1.94 bits per heavy atom. The Hall–Kier alpha value is -2.72. The summed E-state index contributed by atoms with van der Waals surface area (Å²) in [5, 5.41) is 0.841. The average molecular weight is 490 g/mol. The van der Waals surface area contributed by atoms with Gasteiger partial charge in [0.15, 0.2) is 15.0 Å². The third-order valence-corrected chi connectivity index (χ3v) is 8.43. The van der Waals surface area contributed by atoms with Crippen molar-refractivity contribution in [3.05, 3.63) is 70.3 Å². The van der Waals surface area contributed by atoms with Gasteiger partial charge in [-0.15, -0.1) is 0 Å². The van der Waals surface area contributed by atoms with Crippen molar-refractivity contribution in [1.29, 1.82) is 0 Å². The molecule has 1 aliphatic rings. The maximum Gasteiger partial charge on any atom is 0.262 e. The molecule has 10 heteroatoms. The summed E-state index contributed by atoms with van der Waals surface area (Å²) in [6.45, 7) is 2.42. The number of hydrogen-bond acceptors (Lipinski definition) is 6. The van der Waals surface area contributed by atoms with Crippen LogP contribution in [0.2, 0.25) is 0 Å². The Kier molecular flexibility index (Phi) is 6.85. The first kappa shape index (κ1) is 23.4. The van der Waals surface area contributed by atoms with Gasteiger partial charge in [0.25, 0.3) is 5.56 Å². The van der Waals surface area contributed by atoms with Gasteiger partial charge in [-0.1, -0.05) is 36.0 Å².